The van der Waals surface area contributed by atoms with Crippen molar-refractivity contribution in [1.82, 2.24) is 4.98 Å². The third-order valence-electron chi connectivity index (χ3n) is 5.01. The fourth-order valence-corrected chi connectivity index (χ4v) is 4.62. The van der Waals surface area contributed by atoms with Gasteiger partial charge in [0.15, 0.2) is 5.13 Å². The molecule has 0 saturated carbocycles. The van der Waals surface area contributed by atoms with Gasteiger partial charge in [0.2, 0.25) is 5.91 Å². The van der Waals surface area contributed by atoms with Crippen LogP contribution in [0.1, 0.15) is 29.3 Å². The summed E-state index contributed by atoms with van der Waals surface area (Å²) in [5.41, 5.74) is 5.52. The summed E-state index contributed by atoms with van der Waals surface area (Å²) in [6.07, 6.45) is 2.09. The molecule has 0 bridgehead atoms. The Morgan fingerprint density at radius 1 is 1.14 bits per heavy atom. The van der Waals surface area contributed by atoms with E-state index in [1.807, 2.05) is 12.1 Å². The fourth-order valence-electron chi connectivity index (χ4n) is 3.33. The van der Waals surface area contributed by atoms with E-state index in [2.05, 4.69) is 62.9 Å². The zero-order valence-electron chi connectivity index (χ0n) is 17.7. The average molecular weight is 427 g/mol. The standard InChI is InChI=1S/C23H27N3OS2/c1-16-7-6-8-22(17(16)2)26(18(3)27)23-24-20(15-29-23)14-25(4)13-19-9-11-21(28-5)12-10-19/h6-12,15H,13-14H2,1-5H3/p+1. The van der Waals surface area contributed by atoms with Gasteiger partial charge in [-0.1, -0.05) is 24.3 Å². The van der Waals surface area contributed by atoms with E-state index < -0.39 is 0 Å². The Bertz CT molecular complexity index is 982. The van der Waals surface area contributed by atoms with Crippen molar-refractivity contribution in [3.63, 3.8) is 0 Å². The third kappa shape index (κ3) is 5.26. The molecule has 0 aliphatic heterocycles. The lowest BCUT2D eigenvalue weighted by Gasteiger charge is -2.21. The van der Waals surface area contributed by atoms with Gasteiger partial charge in [-0.25, -0.2) is 4.98 Å². The molecule has 0 aliphatic carbocycles. The van der Waals surface area contributed by atoms with E-state index in [0.29, 0.717) is 0 Å². The van der Waals surface area contributed by atoms with Crippen molar-refractivity contribution in [3.8, 4) is 0 Å². The number of amides is 1. The van der Waals surface area contributed by atoms with Crippen LogP contribution < -0.4 is 9.80 Å². The Balaban J connectivity index is 1.74. The summed E-state index contributed by atoms with van der Waals surface area (Å²) in [4.78, 5) is 21.6. The van der Waals surface area contributed by atoms with Gasteiger partial charge >= 0.3 is 0 Å². The number of nitrogens with one attached hydrogen (secondary N) is 1. The molecule has 2 aromatic carbocycles. The second kappa shape index (κ2) is 9.57. The number of hydrogen-bond donors (Lipinski definition) is 1. The topological polar surface area (TPSA) is 37.6 Å². The molecule has 1 aromatic heterocycles. The number of quaternary nitrogens is 1. The zero-order chi connectivity index (χ0) is 21.0. The Kier molecular flexibility index (Phi) is 7.11. The van der Waals surface area contributed by atoms with Crippen LogP contribution >= 0.6 is 23.1 Å². The molecule has 3 aromatic rings. The summed E-state index contributed by atoms with van der Waals surface area (Å²) in [5.74, 6) is -0.0193. The molecule has 1 atom stereocenters. The first-order valence-electron chi connectivity index (χ1n) is 9.64. The van der Waals surface area contributed by atoms with E-state index in [0.717, 1.165) is 35.2 Å². The second-order valence-corrected chi connectivity index (χ2v) is 9.07. The lowest BCUT2D eigenvalue weighted by Crippen LogP contribution is -3.06. The maximum atomic E-state index is 12.4. The number of thiazole rings is 1. The highest BCUT2D eigenvalue weighted by molar-refractivity contribution is 7.98. The first-order valence-corrected chi connectivity index (χ1v) is 11.7. The molecular formula is C23H28N3OS2+. The number of nitrogens with zero attached hydrogens (tertiary/aromatic N) is 2. The zero-order valence-corrected chi connectivity index (χ0v) is 19.3. The van der Waals surface area contributed by atoms with Crippen LogP contribution in [0.5, 0.6) is 0 Å². The normalized spacial score (nSPS) is 12.0. The molecular weight excluding hydrogens is 398 g/mol. The number of benzene rings is 2. The first-order chi connectivity index (χ1) is 13.9. The summed E-state index contributed by atoms with van der Waals surface area (Å²) < 4.78 is 0. The van der Waals surface area contributed by atoms with Gasteiger partial charge in [0, 0.05) is 22.8 Å². The molecule has 1 heterocycles. The van der Waals surface area contributed by atoms with E-state index in [1.54, 1.807) is 23.6 Å². The van der Waals surface area contributed by atoms with Crippen LogP contribution in [0, 0.1) is 13.8 Å². The molecule has 0 fully saturated rings. The van der Waals surface area contributed by atoms with Crippen molar-refractivity contribution in [2.75, 3.05) is 18.2 Å². The van der Waals surface area contributed by atoms with Crippen LogP contribution in [0.2, 0.25) is 0 Å². The number of anilines is 2. The minimum absolute atomic E-state index is 0.0193. The molecule has 0 saturated heterocycles. The SMILES string of the molecule is CSc1ccc(C[NH+](C)Cc2csc(N(C(C)=O)c3cccc(C)c3C)n2)cc1. The number of hydrogen-bond acceptors (Lipinski definition) is 4. The van der Waals surface area contributed by atoms with E-state index in [9.17, 15) is 4.79 Å². The van der Waals surface area contributed by atoms with E-state index in [4.69, 9.17) is 4.98 Å². The molecule has 29 heavy (non-hydrogen) atoms. The quantitative estimate of drug-likeness (QED) is 0.570. The Morgan fingerprint density at radius 3 is 2.52 bits per heavy atom. The lowest BCUT2D eigenvalue weighted by molar-refractivity contribution is -0.908. The highest BCUT2D eigenvalue weighted by Crippen LogP contribution is 2.32. The fraction of sp³-hybridized carbons (Fsp3) is 0.304. The minimum Gasteiger partial charge on any atom is -0.329 e. The van der Waals surface area contributed by atoms with Crippen molar-refractivity contribution in [3.05, 3.63) is 70.2 Å². The number of aromatic nitrogens is 1. The van der Waals surface area contributed by atoms with Crippen LogP contribution in [0.25, 0.3) is 0 Å². The molecule has 0 aliphatic rings. The summed E-state index contributed by atoms with van der Waals surface area (Å²) in [6, 6.07) is 14.8. The maximum Gasteiger partial charge on any atom is 0.230 e. The Morgan fingerprint density at radius 2 is 1.86 bits per heavy atom. The molecule has 6 heteroatoms. The van der Waals surface area contributed by atoms with Crippen molar-refractivity contribution < 1.29 is 9.69 Å². The molecule has 0 radical (unpaired) electrons. The number of thioether (sulfide) groups is 1. The van der Waals surface area contributed by atoms with Crippen LogP contribution in [0.15, 0.2) is 52.7 Å². The Hall–Kier alpha value is -2.15. The van der Waals surface area contributed by atoms with E-state index in [-0.39, 0.29) is 5.91 Å². The average Bonchev–Trinajstić information content (AvgIpc) is 3.13. The summed E-state index contributed by atoms with van der Waals surface area (Å²) >= 11 is 3.29. The van der Waals surface area contributed by atoms with E-state index >= 15 is 0 Å². The maximum absolute atomic E-state index is 12.4. The van der Waals surface area contributed by atoms with E-state index in [1.165, 1.54) is 32.3 Å². The monoisotopic (exact) mass is 426 g/mol. The highest BCUT2D eigenvalue weighted by Gasteiger charge is 2.21. The van der Waals surface area contributed by atoms with Crippen molar-refractivity contribution >= 4 is 39.8 Å². The van der Waals surface area contributed by atoms with Gasteiger partial charge in [-0.15, -0.1) is 23.1 Å². The minimum atomic E-state index is -0.0193. The van der Waals surface area contributed by atoms with Crippen LogP contribution in [-0.2, 0) is 17.9 Å². The van der Waals surface area contributed by atoms with Gasteiger partial charge in [-0.05, 0) is 49.4 Å². The summed E-state index contributed by atoms with van der Waals surface area (Å²) in [5, 5.41) is 2.80. The smallest absolute Gasteiger partial charge is 0.230 e. The molecule has 152 valence electrons. The van der Waals surface area contributed by atoms with Gasteiger partial charge in [0.1, 0.15) is 18.8 Å². The van der Waals surface area contributed by atoms with Crippen molar-refractivity contribution in [1.29, 1.82) is 0 Å². The van der Waals surface area contributed by atoms with Crippen LogP contribution in [-0.4, -0.2) is 24.2 Å². The van der Waals surface area contributed by atoms with Gasteiger partial charge < -0.3 is 4.90 Å². The second-order valence-electron chi connectivity index (χ2n) is 7.35. The van der Waals surface area contributed by atoms with Gasteiger partial charge in [-0.2, -0.15) is 0 Å². The molecule has 0 spiro atoms. The predicted octanol–water partition coefficient (Wildman–Crippen LogP) is 4.38. The van der Waals surface area contributed by atoms with Gasteiger partial charge in [-0.3, -0.25) is 9.69 Å². The molecule has 3 rings (SSSR count). The summed E-state index contributed by atoms with van der Waals surface area (Å²) in [7, 11) is 2.18. The third-order valence-corrected chi connectivity index (χ3v) is 6.63. The first kappa shape index (κ1) is 21.6. The molecule has 1 N–H and O–H groups in total. The largest absolute Gasteiger partial charge is 0.329 e. The predicted molar refractivity (Wildman–Crippen MR) is 123 cm³/mol. The molecule has 1 unspecified atom stereocenters. The number of carbonyl (C=O) groups excluding carboxylic acids is 1. The van der Waals surface area contributed by atoms with Crippen LogP contribution in [0.3, 0.4) is 0 Å². The number of carbonyl (C=O) groups is 1. The van der Waals surface area contributed by atoms with Gasteiger partial charge in [0.25, 0.3) is 0 Å². The van der Waals surface area contributed by atoms with Crippen molar-refractivity contribution in [2.45, 2.75) is 38.8 Å². The van der Waals surface area contributed by atoms with Gasteiger partial charge in [0.05, 0.1) is 12.7 Å². The lowest BCUT2D eigenvalue weighted by atomic mass is 10.1. The number of aryl methyl sites for hydroxylation is 1. The summed E-state index contributed by atoms with van der Waals surface area (Å²) in [6.45, 7) is 7.47. The number of rotatable bonds is 7. The molecule has 4 nitrogen and oxygen atoms in total. The highest BCUT2D eigenvalue weighted by atomic mass is 32.2. The van der Waals surface area contributed by atoms with Crippen LogP contribution in [0.4, 0.5) is 10.8 Å². The Labute approximate surface area is 181 Å². The molecule has 1 amide bonds. The van der Waals surface area contributed by atoms with Crippen molar-refractivity contribution in [2.24, 2.45) is 0 Å².